The number of aromatic nitrogens is 2. The lowest BCUT2D eigenvalue weighted by atomic mass is 10.2. The molecule has 0 aliphatic rings. The topological polar surface area (TPSA) is 76.0 Å². The zero-order valence-electron chi connectivity index (χ0n) is 12.4. The third kappa shape index (κ3) is 4.55. The smallest absolute Gasteiger partial charge is 0.226 e. The van der Waals surface area contributed by atoms with Gasteiger partial charge in [0.1, 0.15) is 0 Å². The Morgan fingerprint density at radius 1 is 1.18 bits per heavy atom. The molecule has 0 atom stereocenters. The van der Waals surface area contributed by atoms with E-state index in [4.69, 9.17) is 0 Å². The van der Waals surface area contributed by atoms with Crippen molar-refractivity contribution in [2.75, 3.05) is 10.6 Å². The largest absolute Gasteiger partial charge is 0.326 e. The monoisotopic (exact) mass is 412 g/mol. The van der Waals surface area contributed by atoms with Crippen molar-refractivity contribution in [3.63, 3.8) is 0 Å². The van der Waals surface area contributed by atoms with E-state index in [0.717, 1.165) is 9.26 Å². The molecular weight excluding hydrogens is 395 g/mol. The first-order chi connectivity index (χ1) is 10.5. The summed E-state index contributed by atoms with van der Waals surface area (Å²) in [6.07, 6.45) is 2.14. The predicted molar refractivity (Wildman–Crippen MR) is 93.7 cm³/mol. The molecule has 6 nitrogen and oxygen atoms in total. The number of benzene rings is 1. The predicted octanol–water partition coefficient (Wildman–Crippen LogP) is 2.78. The van der Waals surface area contributed by atoms with Crippen molar-refractivity contribution in [3.05, 3.63) is 39.7 Å². The maximum atomic E-state index is 11.9. The summed E-state index contributed by atoms with van der Waals surface area (Å²) in [6, 6.07) is 7.00. The van der Waals surface area contributed by atoms with Crippen molar-refractivity contribution in [1.82, 2.24) is 9.78 Å². The number of nitrogens with zero attached hydrogens (tertiary/aromatic N) is 2. The molecular formula is C15H17IN4O2. The first kappa shape index (κ1) is 16.5. The lowest BCUT2D eigenvalue weighted by Gasteiger charge is -2.08. The van der Waals surface area contributed by atoms with Gasteiger partial charge >= 0.3 is 0 Å². The number of anilines is 2. The second-order valence-electron chi connectivity index (χ2n) is 4.86. The molecule has 0 saturated heterocycles. The molecule has 2 amide bonds. The zero-order valence-corrected chi connectivity index (χ0v) is 14.5. The number of rotatable bonds is 5. The van der Waals surface area contributed by atoms with Gasteiger partial charge in [0.25, 0.3) is 0 Å². The van der Waals surface area contributed by atoms with Crippen molar-refractivity contribution < 1.29 is 9.59 Å². The van der Waals surface area contributed by atoms with E-state index in [9.17, 15) is 9.59 Å². The number of hydrogen-bond donors (Lipinski definition) is 2. The number of nitrogens with one attached hydrogen (secondary N) is 2. The van der Waals surface area contributed by atoms with Gasteiger partial charge in [-0.1, -0.05) is 0 Å². The van der Waals surface area contributed by atoms with Crippen molar-refractivity contribution >= 4 is 45.8 Å². The Morgan fingerprint density at radius 2 is 1.77 bits per heavy atom. The second kappa shape index (κ2) is 7.39. The first-order valence-corrected chi connectivity index (χ1v) is 7.89. The summed E-state index contributed by atoms with van der Waals surface area (Å²) in [5, 5.41) is 9.72. The van der Waals surface area contributed by atoms with E-state index in [1.807, 2.05) is 11.6 Å². The molecule has 2 aromatic rings. The van der Waals surface area contributed by atoms with E-state index in [0.29, 0.717) is 24.3 Å². The number of carbonyl (C=O) groups excluding carboxylic acids is 2. The minimum absolute atomic E-state index is 0.0721. The fraction of sp³-hybridized carbons (Fsp3) is 0.267. The van der Waals surface area contributed by atoms with Crippen LogP contribution >= 0.6 is 22.6 Å². The van der Waals surface area contributed by atoms with Gasteiger partial charge in [0.05, 0.1) is 16.3 Å². The molecule has 0 aliphatic heterocycles. The van der Waals surface area contributed by atoms with Gasteiger partial charge in [-0.05, 0) is 53.8 Å². The summed E-state index contributed by atoms with van der Waals surface area (Å²) in [4.78, 5) is 22.9. The highest BCUT2D eigenvalue weighted by molar-refractivity contribution is 14.1. The second-order valence-corrected chi connectivity index (χ2v) is 6.02. The van der Waals surface area contributed by atoms with Crippen molar-refractivity contribution in [3.8, 4) is 0 Å². The highest BCUT2D eigenvalue weighted by Gasteiger charge is 2.07. The van der Waals surface area contributed by atoms with Gasteiger partial charge in [0.15, 0.2) is 0 Å². The van der Waals surface area contributed by atoms with E-state index in [2.05, 4.69) is 38.3 Å². The van der Waals surface area contributed by atoms with Crippen LogP contribution in [0, 0.1) is 10.5 Å². The maximum Gasteiger partial charge on any atom is 0.226 e. The molecule has 0 spiro atoms. The number of carbonyl (C=O) groups is 2. The first-order valence-electron chi connectivity index (χ1n) is 6.81. The fourth-order valence-electron chi connectivity index (χ4n) is 1.92. The van der Waals surface area contributed by atoms with E-state index in [1.54, 1.807) is 30.5 Å². The molecule has 0 unspecified atom stereocenters. The van der Waals surface area contributed by atoms with Crippen molar-refractivity contribution in [2.45, 2.75) is 26.8 Å². The third-order valence-corrected chi connectivity index (χ3v) is 4.14. The average Bonchev–Trinajstić information content (AvgIpc) is 2.78. The number of halogens is 1. The Hall–Kier alpha value is -1.90. The van der Waals surface area contributed by atoms with Gasteiger partial charge < -0.3 is 10.6 Å². The van der Waals surface area contributed by atoms with E-state index < -0.39 is 0 Å². The van der Waals surface area contributed by atoms with Gasteiger partial charge in [-0.15, -0.1) is 0 Å². The van der Waals surface area contributed by atoms with Gasteiger partial charge in [-0.2, -0.15) is 5.10 Å². The standard InChI is InChI=1S/C15H17IN4O2/c1-10-14(16)9-17-20(10)8-7-15(22)19-13-5-3-12(4-6-13)18-11(2)21/h3-6,9H,7-8H2,1-2H3,(H,18,21)(H,19,22). The molecule has 116 valence electrons. The van der Waals surface area contributed by atoms with E-state index >= 15 is 0 Å². The molecule has 0 bridgehead atoms. The molecule has 1 aromatic carbocycles. The van der Waals surface area contributed by atoms with Crippen molar-refractivity contribution in [1.29, 1.82) is 0 Å². The Bertz CT molecular complexity index is 679. The SMILES string of the molecule is CC(=O)Nc1ccc(NC(=O)CCn2ncc(I)c2C)cc1. The Morgan fingerprint density at radius 3 is 2.27 bits per heavy atom. The summed E-state index contributed by atoms with van der Waals surface area (Å²) < 4.78 is 2.91. The highest BCUT2D eigenvalue weighted by atomic mass is 127. The molecule has 2 N–H and O–H groups in total. The number of aryl methyl sites for hydroxylation is 1. The number of hydrogen-bond acceptors (Lipinski definition) is 3. The summed E-state index contributed by atoms with van der Waals surface area (Å²) in [6.45, 7) is 3.98. The Kier molecular flexibility index (Phi) is 5.53. The summed E-state index contributed by atoms with van der Waals surface area (Å²) in [5.41, 5.74) is 2.46. The van der Waals surface area contributed by atoms with Crippen LogP contribution in [-0.2, 0) is 16.1 Å². The normalized spacial score (nSPS) is 10.3. The third-order valence-electron chi connectivity index (χ3n) is 3.08. The molecule has 1 heterocycles. The molecule has 0 aliphatic carbocycles. The zero-order chi connectivity index (χ0) is 16.1. The van der Waals surface area contributed by atoms with Crippen LogP contribution in [0.2, 0.25) is 0 Å². The van der Waals surface area contributed by atoms with Gasteiger partial charge in [-0.3, -0.25) is 14.3 Å². The average molecular weight is 412 g/mol. The van der Waals surface area contributed by atoms with E-state index in [-0.39, 0.29) is 11.8 Å². The molecule has 22 heavy (non-hydrogen) atoms. The van der Waals surface area contributed by atoms with Crippen LogP contribution in [0.3, 0.4) is 0 Å². The van der Waals surface area contributed by atoms with Crippen LogP contribution in [0.1, 0.15) is 19.0 Å². The minimum Gasteiger partial charge on any atom is -0.326 e. The molecule has 2 rings (SSSR count). The Balaban J connectivity index is 1.86. The lowest BCUT2D eigenvalue weighted by molar-refractivity contribution is -0.116. The van der Waals surface area contributed by atoms with Gasteiger partial charge in [-0.25, -0.2) is 0 Å². The summed E-state index contributed by atoms with van der Waals surface area (Å²) in [7, 11) is 0. The highest BCUT2D eigenvalue weighted by Crippen LogP contribution is 2.14. The van der Waals surface area contributed by atoms with Crippen LogP contribution < -0.4 is 10.6 Å². The fourth-order valence-corrected chi connectivity index (χ4v) is 2.32. The number of amides is 2. The molecule has 0 fully saturated rings. The molecule has 1 aromatic heterocycles. The molecule has 7 heteroatoms. The molecule has 0 saturated carbocycles. The van der Waals surface area contributed by atoms with Crippen LogP contribution in [0.4, 0.5) is 11.4 Å². The van der Waals surface area contributed by atoms with E-state index in [1.165, 1.54) is 6.92 Å². The van der Waals surface area contributed by atoms with Gasteiger partial charge in [0.2, 0.25) is 11.8 Å². The lowest BCUT2D eigenvalue weighted by Crippen LogP contribution is -2.15. The maximum absolute atomic E-state index is 11.9. The summed E-state index contributed by atoms with van der Waals surface area (Å²) >= 11 is 2.22. The minimum atomic E-state index is -0.124. The van der Waals surface area contributed by atoms with Crippen LogP contribution in [-0.4, -0.2) is 21.6 Å². The van der Waals surface area contributed by atoms with Crippen LogP contribution in [0.5, 0.6) is 0 Å². The van der Waals surface area contributed by atoms with Crippen LogP contribution in [0.15, 0.2) is 30.5 Å². The van der Waals surface area contributed by atoms with Crippen molar-refractivity contribution in [2.24, 2.45) is 0 Å². The van der Waals surface area contributed by atoms with Gasteiger partial charge in [0, 0.05) is 30.4 Å². The Labute approximate surface area is 142 Å². The van der Waals surface area contributed by atoms with Crippen LogP contribution in [0.25, 0.3) is 0 Å². The summed E-state index contributed by atoms with van der Waals surface area (Å²) in [5.74, 6) is -0.196. The molecule has 0 radical (unpaired) electrons. The quantitative estimate of drug-likeness (QED) is 0.742.